The largest absolute Gasteiger partial charge is 0.387 e. The summed E-state index contributed by atoms with van der Waals surface area (Å²) >= 11 is 1.52. The van der Waals surface area contributed by atoms with Crippen LogP contribution < -0.4 is 5.32 Å². The molecule has 5 nitrogen and oxygen atoms in total. The second-order valence-electron chi connectivity index (χ2n) is 5.19. The number of amides is 1. The van der Waals surface area contributed by atoms with Gasteiger partial charge in [-0.1, -0.05) is 30.3 Å². The van der Waals surface area contributed by atoms with E-state index < -0.39 is 6.10 Å². The summed E-state index contributed by atoms with van der Waals surface area (Å²) in [7, 11) is 0. The number of aromatic nitrogens is 2. The number of benzene rings is 1. The van der Waals surface area contributed by atoms with Crippen molar-refractivity contribution in [3.05, 3.63) is 76.2 Å². The molecule has 2 aromatic heterocycles. The molecule has 0 aliphatic carbocycles. The van der Waals surface area contributed by atoms with Gasteiger partial charge in [0, 0.05) is 12.7 Å². The van der Waals surface area contributed by atoms with Crippen molar-refractivity contribution in [3.8, 4) is 0 Å². The molecule has 0 bridgehead atoms. The quantitative estimate of drug-likeness (QED) is 0.731. The zero-order valence-electron chi connectivity index (χ0n) is 12.4. The van der Waals surface area contributed by atoms with Gasteiger partial charge in [0.1, 0.15) is 0 Å². The van der Waals surface area contributed by atoms with Crippen LogP contribution in [0.4, 0.5) is 0 Å². The zero-order chi connectivity index (χ0) is 16.1. The Labute approximate surface area is 138 Å². The molecular weight excluding hydrogens is 310 g/mol. The molecule has 0 aliphatic rings. The Bertz CT molecular complexity index is 753. The second-order valence-corrected chi connectivity index (χ2v) is 5.97. The van der Waals surface area contributed by atoms with Crippen LogP contribution in [-0.2, 0) is 6.54 Å². The molecule has 3 aromatic rings. The SMILES string of the molecule is O=C(NCC(O)c1ccsc1)c1cnn(Cc2ccccc2)c1. The summed E-state index contributed by atoms with van der Waals surface area (Å²) in [6.07, 6.45) is 2.55. The van der Waals surface area contributed by atoms with Crippen LogP contribution in [0.15, 0.2) is 59.6 Å². The number of hydrogen-bond donors (Lipinski definition) is 2. The highest BCUT2D eigenvalue weighted by atomic mass is 32.1. The van der Waals surface area contributed by atoms with E-state index in [1.54, 1.807) is 10.9 Å². The standard InChI is InChI=1S/C17H17N3O2S/c21-16(14-6-7-23-12-14)9-18-17(22)15-8-19-20(11-15)10-13-4-2-1-3-5-13/h1-8,11-12,16,21H,9-10H2,(H,18,22). The van der Waals surface area contributed by atoms with E-state index in [4.69, 9.17) is 0 Å². The van der Waals surface area contributed by atoms with Crippen LogP contribution in [0.2, 0.25) is 0 Å². The molecule has 3 rings (SSSR count). The Hall–Kier alpha value is -2.44. The van der Waals surface area contributed by atoms with Crippen molar-refractivity contribution in [2.75, 3.05) is 6.54 Å². The molecule has 2 N–H and O–H groups in total. The van der Waals surface area contributed by atoms with Gasteiger partial charge in [-0.3, -0.25) is 9.48 Å². The predicted molar refractivity (Wildman–Crippen MR) is 89.4 cm³/mol. The van der Waals surface area contributed by atoms with Gasteiger partial charge in [-0.2, -0.15) is 16.4 Å². The molecule has 2 heterocycles. The van der Waals surface area contributed by atoms with Gasteiger partial charge < -0.3 is 10.4 Å². The number of hydrogen-bond acceptors (Lipinski definition) is 4. The summed E-state index contributed by atoms with van der Waals surface area (Å²) in [6.45, 7) is 0.797. The molecule has 0 saturated heterocycles. The van der Waals surface area contributed by atoms with Crippen LogP contribution in [0.25, 0.3) is 0 Å². The first-order valence-corrected chi connectivity index (χ1v) is 8.21. The number of nitrogens with zero attached hydrogens (tertiary/aromatic N) is 2. The van der Waals surface area contributed by atoms with E-state index in [0.29, 0.717) is 12.1 Å². The van der Waals surface area contributed by atoms with E-state index in [1.807, 2.05) is 47.2 Å². The molecule has 1 unspecified atom stereocenters. The molecule has 1 amide bonds. The first kappa shape index (κ1) is 15.5. The van der Waals surface area contributed by atoms with E-state index in [1.165, 1.54) is 17.5 Å². The summed E-state index contributed by atoms with van der Waals surface area (Å²) in [6, 6.07) is 11.8. The van der Waals surface area contributed by atoms with Gasteiger partial charge in [0.15, 0.2) is 0 Å². The summed E-state index contributed by atoms with van der Waals surface area (Å²) in [5, 5.41) is 20.7. The first-order valence-electron chi connectivity index (χ1n) is 7.27. The van der Waals surface area contributed by atoms with Gasteiger partial charge in [0.05, 0.1) is 24.4 Å². The van der Waals surface area contributed by atoms with E-state index in [-0.39, 0.29) is 12.5 Å². The summed E-state index contributed by atoms with van der Waals surface area (Å²) in [5.74, 6) is -0.237. The monoisotopic (exact) mass is 327 g/mol. The van der Waals surface area contributed by atoms with Crippen molar-refractivity contribution in [2.24, 2.45) is 0 Å². The number of nitrogens with one attached hydrogen (secondary N) is 1. The first-order chi connectivity index (χ1) is 11.2. The fourth-order valence-corrected chi connectivity index (χ4v) is 2.92. The third-order valence-corrected chi connectivity index (χ3v) is 4.17. The van der Waals surface area contributed by atoms with Crippen LogP contribution in [-0.4, -0.2) is 27.3 Å². The van der Waals surface area contributed by atoms with Crippen LogP contribution in [0.1, 0.15) is 27.6 Å². The minimum atomic E-state index is -0.690. The summed E-state index contributed by atoms with van der Waals surface area (Å²) < 4.78 is 1.72. The fraction of sp³-hybridized carbons (Fsp3) is 0.176. The van der Waals surface area contributed by atoms with Gasteiger partial charge in [0.2, 0.25) is 0 Å². The normalized spacial score (nSPS) is 12.0. The zero-order valence-corrected chi connectivity index (χ0v) is 13.2. The van der Waals surface area contributed by atoms with Crippen molar-refractivity contribution in [1.82, 2.24) is 15.1 Å². The van der Waals surface area contributed by atoms with Crippen molar-refractivity contribution in [3.63, 3.8) is 0 Å². The molecule has 0 saturated carbocycles. The number of carbonyl (C=O) groups is 1. The number of rotatable bonds is 6. The number of thiophene rings is 1. The van der Waals surface area contributed by atoms with E-state index in [0.717, 1.165) is 11.1 Å². The Kier molecular flexibility index (Phi) is 4.85. The smallest absolute Gasteiger partial charge is 0.254 e. The number of carbonyl (C=O) groups excluding carboxylic acids is 1. The third-order valence-electron chi connectivity index (χ3n) is 3.47. The maximum absolute atomic E-state index is 12.1. The Balaban J connectivity index is 1.56. The van der Waals surface area contributed by atoms with Crippen LogP contribution in [0.5, 0.6) is 0 Å². The fourth-order valence-electron chi connectivity index (χ4n) is 2.21. The lowest BCUT2D eigenvalue weighted by atomic mass is 10.2. The van der Waals surface area contributed by atoms with E-state index in [9.17, 15) is 9.90 Å². The number of aliphatic hydroxyl groups is 1. The lowest BCUT2D eigenvalue weighted by Crippen LogP contribution is -2.28. The summed E-state index contributed by atoms with van der Waals surface area (Å²) in [4.78, 5) is 12.1. The molecule has 0 fully saturated rings. The third kappa shape index (κ3) is 4.06. The predicted octanol–water partition coefficient (Wildman–Crippen LogP) is 2.46. The molecule has 1 atom stereocenters. The Morgan fingerprint density at radius 1 is 1.30 bits per heavy atom. The maximum atomic E-state index is 12.1. The topological polar surface area (TPSA) is 67.2 Å². The van der Waals surface area contributed by atoms with Crippen LogP contribution in [0, 0.1) is 0 Å². The number of aliphatic hydroxyl groups excluding tert-OH is 1. The molecule has 23 heavy (non-hydrogen) atoms. The molecule has 0 aliphatic heterocycles. The lowest BCUT2D eigenvalue weighted by molar-refractivity contribution is 0.0916. The summed E-state index contributed by atoms with van der Waals surface area (Å²) in [5.41, 5.74) is 2.42. The van der Waals surface area contributed by atoms with Gasteiger partial charge in [-0.15, -0.1) is 0 Å². The maximum Gasteiger partial charge on any atom is 0.254 e. The average molecular weight is 327 g/mol. The van der Waals surface area contributed by atoms with E-state index >= 15 is 0 Å². The van der Waals surface area contributed by atoms with Crippen molar-refractivity contribution < 1.29 is 9.90 Å². The molecule has 1 aromatic carbocycles. The van der Waals surface area contributed by atoms with Gasteiger partial charge in [-0.05, 0) is 28.0 Å². The highest BCUT2D eigenvalue weighted by Gasteiger charge is 2.12. The minimum Gasteiger partial charge on any atom is -0.387 e. The lowest BCUT2D eigenvalue weighted by Gasteiger charge is -2.09. The van der Waals surface area contributed by atoms with Crippen LogP contribution >= 0.6 is 11.3 Å². The molecule has 0 radical (unpaired) electrons. The minimum absolute atomic E-state index is 0.180. The highest BCUT2D eigenvalue weighted by Crippen LogP contribution is 2.15. The van der Waals surface area contributed by atoms with E-state index in [2.05, 4.69) is 10.4 Å². The Morgan fingerprint density at radius 2 is 2.13 bits per heavy atom. The van der Waals surface area contributed by atoms with Crippen molar-refractivity contribution in [2.45, 2.75) is 12.6 Å². The molecular formula is C17H17N3O2S. The highest BCUT2D eigenvalue weighted by molar-refractivity contribution is 7.07. The molecule has 6 heteroatoms. The molecule has 118 valence electrons. The van der Waals surface area contributed by atoms with Gasteiger partial charge in [-0.25, -0.2) is 0 Å². The van der Waals surface area contributed by atoms with Crippen molar-refractivity contribution in [1.29, 1.82) is 0 Å². The van der Waals surface area contributed by atoms with Crippen LogP contribution in [0.3, 0.4) is 0 Å². The molecule has 0 spiro atoms. The van der Waals surface area contributed by atoms with Gasteiger partial charge >= 0.3 is 0 Å². The van der Waals surface area contributed by atoms with Gasteiger partial charge in [0.25, 0.3) is 5.91 Å². The van der Waals surface area contributed by atoms with Crippen molar-refractivity contribution >= 4 is 17.2 Å². The average Bonchev–Trinajstić information content (AvgIpc) is 3.25. The second kappa shape index (κ2) is 7.21. The Morgan fingerprint density at radius 3 is 2.87 bits per heavy atom.